The predicted octanol–water partition coefficient (Wildman–Crippen LogP) is 1.94. The molecule has 2 rings (SSSR count). The Morgan fingerprint density at radius 3 is 2.82 bits per heavy atom. The Labute approximate surface area is 97.5 Å². The van der Waals surface area contributed by atoms with Crippen molar-refractivity contribution in [1.29, 1.82) is 5.26 Å². The van der Waals surface area contributed by atoms with Gasteiger partial charge in [-0.2, -0.15) is 10.4 Å². The van der Waals surface area contributed by atoms with E-state index in [0.29, 0.717) is 11.3 Å². The van der Waals surface area contributed by atoms with Crippen molar-refractivity contribution in [3.05, 3.63) is 47.5 Å². The molecule has 0 bridgehead atoms. The highest BCUT2D eigenvalue weighted by Crippen LogP contribution is 2.24. The van der Waals surface area contributed by atoms with Crippen LogP contribution in [0.5, 0.6) is 0 Å². The average molecular weight is 231 g/mol. The summed E-state index contributed by atoms with van der Waals surface area (Å²) in [6, 6.07) is 5.99. The number of aromatic nitrogens is 2. The summed E-state index contributed by atoms with van der Waals surface area (Å²) < 4.78 is 15.0. The SMILES string of the molecule is CC(O)c1cc(C#N)c(F)cc1-n1cccn1. The molecule has 0 fully saturated rings. The van der Waals surface area contributed by atoms with E-state index in [9.17, 15) is 9.50 Å². The van der Waals surface area contributed by atoms with Crippen LogP contribution in [0.25, 0.3) is 5.69 Å². The summed E-state index contributed by atoms with van der Waals surface area (Å²) in [4.78, 5) is 0. The van der Waals surface area contributed by atoms with Crippen molar-refractivity contribution in [3.8, 4) is 11.8 Å². The number of aliphatic hydroxyl groups is 1. The molecule has 5 heteroatoms. The first-order valence-corrected chi connectivity index (χ1v) is 5.05. The smallest absolute Gasteiger partial charge is 0.143 e. The fourth-order valence-electron chi connectivity index (χ4n) is 1.61. The Kier molecular flexibility index (Phi) is 2.90. The Hall–Kier alpha value is -2.19. The van der Waals surface area contributed by atoms with Crippen molar-refractivity contribution in [2.75, 3.05) is 0 Å². The van der Waals surface area contributed by atoms with Crippen molar-refractivity contribution in [2.45, 2.75) is 13.0 Å². The molecule has 1 atom stereocenters. The van der Waals surface area contributed by atoms with Crippen LogP contribution in [0.3, 0.4) is 0 Å². The first-order chi connectivity index (χ1) is 8.13. The summed E-state index contributed by atoms with van der Waals surface area (Å²) in [5.41, 5.74) is 0.810. The fourth-order valence-corrected chi connectivity index (χ4v) is 1.61. The number of nitrogens with zero attached hydrogens (tertiary/aromatic N) is 3. The van der Waals surface area contributed by atoms with E-state index in [2.05, 4.69) is 5.10 Å². The molecule has 17 heavy (non-hydrogen) atoms. The number of rotatable bonds is 2. The van der Waals surface area contributed by atoms with Gasteiger partial charge >= 0.3 is 0 Å². The van der Waals surface area contributed by atoms with Gasteiger partial charge in [-0.3, -0.25) is 0 Å². The van der Waals surface area contributed by atoms with Crippen LogP contribution in [0.2, 0.25) is 0 Å². The van der Waals surface area contributed by atoms with Crippen molar-refractivity contribution in [3.63, 3.8) is 0 Å². The van der Waals surface area contributed by atoms with Gasteiger partial charge in [0.1, 0.15) is 11.9 Å². The topological polar surface area (TPSA) is 61.8 Å². The first-order valence-electron chi connectivity index (χ1n) is 5.05. The Balaban J connectivity index is 2.67. The molecule has 0 saturated heterocycles. The van der Waals surface area contributed by atoms with Crippen molar-refractivity contribution in [1.82, 2.24) is 9.78 Å². The molecule has 0 saturated carbocycles. The monoisotopic (exact) mass is 231 g/mol. The number of benzene rings is 1. The van der Waals surface area contributed by atoms with Gasteiger partial charge < -0.3 is 5.11 Å². The molecule has 0 aliphatic heterocycles. The maximum absolute atomic E-state index is 13.5. The summed E-state index contributed by atoms with van der Waals surface area (Å²) >= 11 is 0. The quantitative estimate of drug-likeness (QED) is 0.859. The highest BCUT2D eigenvalue weighted by molar-refractivity contribution is 5.48. The standard InChI is InChI=1S/C12H10FN3O/c1-8(17)10-5-9(7-14)11(13)6-12(10)16-4-2-3-15-16/h2-6,8,17H,1H3. The van der Waals surface area contributed by atoms with Gasteiger partial charge in [0.15, 0.2) is 0 Å². The first kappa shape index (κ1) is 11.3. The molecule has 86 valence electrons. The van der Waals surface area contributed by atoms with Crippen LogP contribution >= 0.6 is 0 Å². The number of halogens is 1. The van der Waals surface area contributed by atoms with Crippen molar-refractivity contribution < 1.29 is 9.50 Å². The van der Waals surface area contributed by atoms with E-state index in [4.69, 9.17) is 5.26 Å². The molecule has 4 nitrogen and oxygen atoms in total. The lowest BCUT2D eigenvalue weighted by molar-refractivity contribution is 0.199. The van der Waals surface area contributed by atoms with Gasteiger partial charge in [0.25, 0.3) is 0 Å². The minimum absolute atomic E-state index is 0.0863. The second-order valence-electron chi connectivity index (χ2n) is 3.63. The normalized spacial score (nSPS) is 12.1. The summed E-state index contributed by atoms with van der Waals surface area (Å²) in [5.74, 6) is -0.623. The largest absolute Gasteiger partial charge is 0.389 e. The second-order valence-corrected chi connectivity index (χ2v) is 3.63. The summed E-state index contributed by atoms with van der Waals surface area (Å²) in [6.07, 6.45) is 2.40. The van der Waals surface area contributed by atoms with Gasteiger partial charge in [-0.05, 0) is 19.1 Å². The Morgan fingerprint density at radius 1 is 1.53 bits per heavy atom. The molecular weight excluding hydrogens is 221 g/mol. The Bertz CT molecular complexity index is 570. The van der Waals surface area contributed by atoms with E-state index < -0.39 is 11.9 Å². The molecule has 2 aromatic rings. The van der Waals surface area contributed by atoms with Gasteiger partial charge in [-0.15, -0.1) is 0 Å². The average Bonchev–Trinajstić information content (AvgIpc) is 2.81. The second kappa shape index (κ2) is 4.36. The van der Waals surface area contributed by atoms with Crippen LogP contribution in [0.15, 0.2) is 30.6 Å². The number of nitriles is 1. The van der Waals surface area contributed by atoms with Gasteiger partial charge in [-0.1, -0.05) is 0 Å². The fraction of sp³-hybridized carbons (Fsp3) is 0.167. The van der Waals surface area contributed by atoms with E-state index in [-0.39, 0.29) is 5.56 Å². The van der Waals surface area contributed by atoms with E-state index in [1.165, 1.54) is 16.8 Å². The summed E-state index contributed by atoms with van der Waals surface area (Å²) in [5, 5.41) is 22.4. The van der Waals surface area contributed by atoms with Crippen LogP contribution in [-0.4, -0.2) is 14.9 Å². The molecule has 1 aromatic carbocycles. The van der Waals surface area contributed by atoms with Crippen LogP contribution in [-0.2, 0) is 0 Å². The molecule has 1 aromatic heterocycles. The van der Waals surface area contributed by atoms with Gasteiger partial charge in [0.2, 0.25) is 0 Å². The molecule has 0 aliphatic carbocycles. The minimum atomic E-state index is -0.804. The lowest BCUT2D eigenvalue weighted by Gasteiger charge is -2.12. The van der Waals surface area contributed by atoms with Crippen LogP contribution in [0.1, 0.15) is 24.2 Å². The molecular formula is C12H10FN3O. The van der Waals surface area contributed by atoms with Gasteiger partial charge in [-0.25, -0.2) is 9.07 Å². The van der Waals surface area contributed by atoms with E-state index in [1.54, 1.807) is 31.5 Å². The highest BCUT2D eigenvalue weighted by Gasteiger charge is 2.14. The zero-order valence-corrected chi connectivity index (χ0v) is 9.13. The Morgan fingerprint density at radius 2 is 2.29 bits per heavy atom. The molecule has 0 spiro atoms. The van der Waals surface area contributed by atoms with Gasteiger partial charge in [0, 0.05) is 24.0 Å². The third-order valence-corrected chi connectivity index (χ3v) is 2.44. The zero-order chi connectivity index (χ0) is 12.4. The van der Waals surface area contributed by atoms with Crippen LogP contribution in [0.4, 0.5) is 4.39 Å². The summed E-state index contributed by atoms with van der Waals surface area (Å²) in [6.45, 7) is 1.56. The van der Waals surface area contributed by atoms with Crippen LogP contribution < -0.4 is 0 Å². The zero-order valence-electron chi connectivity index (χ0n) is 9.13. The number of aliphatic hydroxyl groups excluding tert-OH is 1. The summed E-state index contributed by atoms with van der Waals surface area (Å²) in [7, 11) is 0. The van der Waals surface area contributed by atoms with Crippen molar-refractivity contribution in [2.24, 2.45) is 0 Å². The van der Waals surface area contributed by atoms with Gasteiger partial charge in [0.05, 0.1) is 17.4 Å². The lowest BCUT2D eigenvalue weighted by Crippen LogP contribution is -2.05. The number of hydrogen-bond acceptors (Lipinski definition) is 3. The number of hydrogen-bond donors (Lipinski definition) is 1. The minimum Gasteiger partial charge on any atom is -0.389 e. The third-order valence-electron chi connectivity index (χ3n) is 2.44. The van der Waals surface area contributed by atoms with E-state index >= 15 is 0 Å². The van der Waals surface area contributed by atoms with Crippen molar-refractivity contribution >= 4 is 0 Å². The van der Waals surface area contributed by atoms with E-state index in [1.807, 2.05) is 0 Å². The molecule has 1 unspecified atom stereocenters. The lowest BCUT2D eigenvalue weighted by atomic mass is 10.0. The maximum Gasteiger partial charge on any atom is 0.143 e. The van der Waals surface area contributed by atoms with Crippen LogP contribution in [0, 0.1) is 17.1 Å². The molecule has 0 radical (unpaired) electrons. The van der Waals surface area contributed by atoms with E-state index in [0.717, 1.165) is 0 Å². The molecule has 0 aliphatic rings. The maximum atomic E-state index is 13.5. The third kappa shape index (κ3) is 2.03. The highest BCUT2D eigenvalue weighted by atomic mass is 19.1. The predicted molar refractivity (Wildman–Crippen MR) is 58.9 cm³/mol. The molecule has 0 amide bonds. The molecule has 1 N–H and O–H groups in total. The molecule has 1 heterocycles.